The molecule has 1 amide bonds. The van der Waals surface area contributed by atoms with Crippen LogP contribution in [-0.2, 0) is 11.3 Å². The Bertz CT molecular complexity index is 778. The van der Waals surface area contributed by atoms with Gasteiger partial charge in [0, 0.05) is 9.50 Å². The van der Waals surface area contributed by atoms with E-state index in [0.717, 1.165) is 0 Å². The van der Waals surface area contributed by atoms with E-state index in [0.29, 0.717) is 26.3 Å². The molecule has 3 rings (SSSR count). The van der Waals surface area contributed by atoms with E-state index in [4.69, 9.17) is 11.6 Å². The number of ketones is 1. The highest BCUT2D eigenvalue weighted by molar-refractivity contribution is 9.10. The van der Waals surface area contributed by atoms with Crippen molar-refractivity contribution in [3.8, 4) is 0 Å². The van der Waals surface area contributed by atoms with Crippen LogP contribution in [0.15, 0.2) is 40.9 Å². The Morgan fingerprint density at radius 2 is 1.90 bits per heavy atom. The summed E-state index contributed by atoms with van der Waals surface area (Å²) in [6.07, 6.45) is 0. The Morgan fingerprint density at radius 3 is 2.62 bits per heavy atom. The van der Waals surface area contributed by atoms with Gasteiger partial charge in [0.05, 0.1) is 17.8 Å². The quantitative estimate of drug-likeness (QED) is 0.752. The minimum Gasteiger partial charge on any atom is -0.300 e. The van der Waals surface area contributed by atoms with Gasteiger partial charge in [0.25, 0.3) is 11.7 Å². The van der Waals surface area contributed by atoms with Crippen molar-refractivity contribution in [3.63, 3.8) is 0 Å². The van der Waals surface area contributed by atoms with Crippen LogP contribution in [0.4, 0.5) is 10.1 Å². The van der Waals surface area contributed by atoms with Gasteiger partial charge in [-0.3, -0.25) is 9.59 Å². The molecule has 0 saturated heterocycles. The smallest absolute Gasteiger partial charge is 0.299 e. The third-order valence-electron chi connectivity index (χ3n) is 3.28. The van der Waals surface area contributed by atoms with Gasteiger partial charge in [0.15, 0.2) is 0 Å². The normalized spacial score (nSPS) is 13.8. The summed E-state index contributed by atoms with van der Waals surface area (Å²) in [6.45, 7) is 0.165. The number of Topliss-reactive ketones (excluding diaryl/α,β-unsaturated/α-hetero) is 1. The predicted octanol–water partition coefficient (Wildman–Crippen LogP) is 3.97. The van der Waals surface area contributed by atoms with Gasteiger partial charge in [-0.15, -0.1) is 0 Å². The first-order chi connectivity index (χ1) is 9.97. The van der Waals surface area contributed by atoms with Crippen LogP contribution in [0.2, 0.25) is 5.02 Å². The van der Waals surface area contributed by atoms with E-state index in [1.807, 2.05) is 0 Å². The number of nitrogens with zero attached hydrogens (tertiary/aromatic N) is 1. The van der Waals surface area contributed by atoms with Crippen molar-refractivity contribution in [2.75, 3.05) is 4.90 Å². The van der Waals surface area contributed by atoms with E-state index in [-0.39, 0.29) is 12.4 Å². The van der Waals surface area contributed by atoms with Gasteiger partial charge >= 0.3 is 0 Å². The molecule has 0 aliphatic carbocycles. The number of hydrogen-bond donors (Lipinski definition) is 0. The largest absolute Gasteiger partial charge is 0.300 e. The molecule has 0 saturated carbocycles. The average Bonchev–Trinajstić information content (AvgIpc) is 2.66. The van der Waals surface area contributed by atoms with E-state index in [2.05, 4.69) is 15.9 Å². The maximum absolute atomic E-state index is 13.1. The second kappa shape index (κ2) is 5.24. The molecule has 2 aromatic rings. The molecule has 1 aliphatic rings. The summed E-state index contributed by atoms with van der Waals surface area (Å²) in [4.78, 5) is 25.4. The van der Waals surface area contributed by atoms with Gasteiger partial charge in [-0.1, -0.05) is 33.6 Å². The monoisotopic (exact) mass is 367 g/mol. The molecule has 0 N–H and O–H groups in total. The first kappa shape index (κ1) is 14.2. The maximum Gasteiger partial charge on any atom is 0.299 e. The molecule has 0 spiro atoms. The summed E-state index contributed by atoms with van der Waals surface area (Å²) in [5.41, 5.74) is 1.52. The molecule has 0 aromatic heterocycles. The third kappa shape index (κ3) is 2.47. The number of carbonyl (C=O) groups is 2. The van der Waals surface area contributed by atoms with Crippen molar-refractivity contribution in [2.45, 2.75) is 6.54 Å². The zero-order valence-corrected chi connectivity index (χ0v) is 12.9. The van der Waals surface area contributed by atoms with Crippen LogP contribution < -0.4 is 4.90 Å². The molecule has 0 fully saturated rings. The molecule has 106 valence electrons. The topological polar surface area (TPSA) is 37.4 Å². The number of anilines is 1. The molecule has 21 heavy (non-hydrogen) atoms. The summed E-state index contributed by atoms with van der Waals surface area (Å²) < 4.78 is 13.6. The van der Waals surface area contributed by atoms with Gasteiger partial charge in [-0.05, 0) is 35.9 Å². The highest BCUT2D eigenvalue weighted by atomic mass is 79.9. The predicted molar refractivity (Wildman–Crippen MR) is 81.1 cm³/mol. The van der Waals surface area contributed by atoms with Crippen LogP contribution in [0.3, 0.4) is 0 Å². The van der Waals surface area contributed by atoms with Crippen molar-refractivity contribution in [2.24, 2.45) is 0 Å². The van der Waals surface area contributed by atoms with E-state index >= 15 is 0 Å². The minimum atomic E-state index is -0.608. The number of carbonyl (C=O) groups excluding carboxylic acids is 2. The summed E-state index contributed by atoms with van der Waals surface area (Å²) in [7, 11) is 0. The lowest BCUT2D eigenvalue weighted by Crippen LogP contribution is -2.29. The Balaban J connectivity index is 2.02. The number of amides is 1. The van der Waals surface area contributed by atoms with Crippen molar-refractivity contribution in [3.05, 3.63) is 62.8 Å². The molecule has 1 aliphatic heterocycles. The van der Waals surface area contributed by atoms with Gasteiger partial charge < -0.3 is 4.90 Å². The van der Waals surface area contributed by atoms with Gasteiger partial charge in [-0.2, -0.15) is 0 Å². The summed E-state index contributed by atoms with van der Waals surface area (Å²) >= 11 is 9.19. The summed E-state index contributed by atoms with van der Waals surface area (Å²) in [6, 6.07) is 8.88. The van der Waals surface area contributed by atoms with Crippen molar-refractivity contribution in [1.29, 1.82) is 0 Å². The molecule has 2 aromatic carbocycles. The Kier molecular flexibility index (Phi) is 3.55. The summed E-state index contributed by atoms with van der Waals surface area (Å²) in [5.74, 6) is -1.54. The Hall–Kier alpha value is -1.72. The maximum atomic E-state index is 13.1. The van der Waals surface area contributed by atoms with Crippen LogP contribution in [0, 0.1) is 5.82 Å². The lowest BCUT2D eigenvalue weighted by molar-refractivity contribution is -0.114. The lowest BCUT2D eigenvalue weighted by atomic mass is 10.1. The molecule has 0 bridgehead atoms. The Morgan fingerprint density at radius 1 is 1.14 bits per heavy atom. The number of rotatable bonds is 2. The molecular formula is C15H8BrClFNO2. The van der Waals surface area contributed by atoms with Gasteiger partial charge in [0.1, 0.15) is 5.82 Å². The van der Waals surface area contributed by atoms with E-state index < -0.39 is 11.7 Å². The fourth-order valence-corrected chi connectivity index (χ4v) is 2.89. The molecule has 0 atom stereocenters. The van der Waals surface area contributed by atoms with Gasteiger partial charge in [0.2, 0.25) is 0 Å². The molecule has 0 radical (unpaired) electrons. The SMILES string of the molecule is O=C1C(=O)N(Cc2ccc(F)cc2Br)c2cc(Cl)ccc21. The van der Waals surface area contributed by atoms with Crippen molar-refractivity contribution in [1.82, 2.24) is 0 Å². The highest BCUT2D eigenvalue weighted by Crippen LogP contribution is 2.33. The van der Waals surface area contributed by atoms with E-state index in [9.17, 15) is 14.0 Å². The van der Waals surface area contributed by atoms with Crippen LogP contribution in [0.5, 0.6) is 0 Å². The van der Waals surface area contributed by atoms with Crippen molar-refractivity contribution >= 4 is 44.9 Å². The number of benzene rings is 2. The average molecular weight is 369 g/mol. The lowest BCUT2D eigenvalue weighted by Gasteiger charge is -2.17. The second-order valence-corrected chi connectivity index (χ2v) is 5.91. The first-order valence-corrected chi connectivity index (χ1v) is 7.24. The van der Waals surface area contributed by atoms with Crippen LogP contribution in [0.25, 0.3) is 0 Å². The standard InChI is InChI=1S/C15H8BrClFNO2/c16-12-6-10(18)3-1-8(12)7-19-13-5-9(17)2-4-11(13)14(20)15(19)21/h1-6H,7H2. The third-order valence-corrected chi connectivity index (χ3v) is 4.25. The van der Waals surface area contributed by atoms with Crippen LogP contribution >= 0.6 is 27.5 Å². The van der Waals surface area contributed by atoms with Crippen molar-refractivity contribution < 1.29 is 14.0 Å². The first-order valence-electron chi connectivity index (χ1n) is 6.07. The van der Waals surface area contributed by atoms with E-state index in [1.165, 1.54) is 23.1 Å². The molecule has 1 heterocycles. The molecular weight excluding hydrogens is 361 g/mol. The second-order valence-electron chi connectivity index (χ2n) is 4.62. The Labute approximate surface area is 133 Å². The fraction of sp³-hybridized carbons (Fsp3) is 0.0667. The number of hydrogen-bond acceptors (Lipinski definition) is 2. The fourth-order valence-electron chi connectivity index (χ4n) is 2.24. The number of halogens is 3. The van der Waals surface area contributed by atoms with Crippen LogP contribution in [0.1, 0.15) is 15.9 Å². The minimum absolute atomic E-state index is 0.165. The molecule has 3 nitrogen and oxygen atoms in total. The van der Waals surface area contributed by atoms with Gasteiger partial charge in [-0.25, -0.2) is 4.39 Å². The zero-order valence-electron chi connectivity index (χ0n) is 10.6. The zero-order chi connectivity index (χ0) is 15.1. The van der Waals surface area contributed by atoms with Crippen LogP contribution in [-0.4, -0.2) is 11.7 Å². The highest BCUT2D eigenvalue weighted by Gasteiger charge is 2.36. The van der Waals surface area contributed by atoms with E-state index in [1.54, 1.807) is 18.2 Å². The molecule has 0 unspecified atom stereocenters. The molecule has 6 heteroatoms. The number of fused-ring (bicyclic) bond motifs is 1. The summed E-state index contributed by atoms with van der Waals surface area (Å²) in [5, 5.41) is 0.444.